The van der Waals surface area contributed by atoms with Crippen molar-refractivity contribution >= 4 is 22.6 Å². The third kappa shape index (κ3) is 2.88. The highest BCUT2D eigenvalue weighted by molar-refractivity contribution is 6.06. The minimum atomic E-state index is -0.0526. The number of ether oxygens (including phenoxy) is 1. The predicted octanol–water partition coefficient (Wildman–Crippen LogP) is 1.98. The van der Waals surface area contributed by atoms with Crippen molar-refractivity contribution in [3.63, 3.8) is 0 Å². The number of aromatic amines is 1. The molecule has 0 radical (unpaired) electrons. The molecule has 1 saturated heterocycles. The lowest BCUT2D eigenvalue weighted by atomic mass is 10.1. The lowest BCUT2D eigenvalue weighted by Crippen LogP contribution is -2.37. The minimum absolute atomic E-state index is 0.0526. The van der Waals surface area contributed by atoms with Crippen LogP contribution in [0.2, 0.25) is 0 Å². The topological polar surface area (TPSA) is 83.1 Å². The number of H-pyrrole nitrogens is 1. The Morgan fingerprint density at radius 1 is 1.32 bits per heavy atom. The molecular formula is C18H19N5O2. The van der Waals surface area contributed by atoms with Crippen LogP contribution in [0.25, 0.3) is 10.9 Å². The van der Waals surface area contributed by atoms with Crippen LogP contribution in [0, 0.1) is 0 Å². The van der Waals surface area contributed by atoms with E-state index in [9.17, 15) is 4.79 Å². The predicted molar refractivity (Wildman–Crippen MR) is 95.0 cm³/mol. The molecule has 7 heteroatoms. The molecule has 1 aromatic carbocycles. The number of aromatic nitrogens is 3. The fraction of sp³-hybridized carbons (Fsp3) is 0.278. The van der Waals surface area contributed by atoms with Crippen LogP contribution in [0.15, 0.2) is 42.9 Å². The van der Waals surface area contributed by atoms with E-state index in [4.69, 9.17) is 4.74 Å². The third-order valence-electron chi connectivity index (χ3n) is 4.50. The number of hydrogen-bond donors (Lipinski definition) is 2. The van der Waals surface area contributed by atoms with Gasteiger partial charge in [0.05, 0.1) is 7.11 Å². The molecule has 0 bridgehead atoms. The van der Waals surface area contributed by atoms with Crippen LogP contribution in [0.1, 0.15) is 16.8 Å². The van der Waals surface area contributed by atoms with Gasteiger partial charge < -0.3 is 19.9 Å². The molecule has 1 atom stereocenters. The van der Waals surface area contributed by atoms with Crippen LogP contribution in [-0.2, 0) is 0 Å². The summed E-state index contributed by atoms with van der Waals surface area (Å²) in [6.07, 6.45) is 5.96. The number of hydrogen-bond acceptors (Lipinski definition) is 5. The smallest absolute Gasteiger partial charge is 0.257 e. The van der Waals surface area contributed by atoms with Gasteiger partial charge in [-0.3, -0.25) is 4.79 Å². The third-order valence-corrected chi connectivity index (χ3v) is 4.50. The van der Waals surface area contributed by atoms with Gasteiger partial charge in [-0.05, 0) is 24.6 Å². The first kappa shape index (κ1) is 15.4. The summed E-state index contributed by atoms with van der Waals surface area (Å²) in [5.41, 5.74) is 1.65. The number of anilines is 1. The zero-order valence-electron chi connectivity index (χ0n) is 13.9. The van der Waals surface area contributed by atoms with E-state index in [1.54, 1.807) is 19.5 Å². The van der Waals surface area contributed by atoms with E-state index in [2.05, 4.69) is 25.2 Å². The number of amides is 1. The second-order valence-electron chi connectivity index (χ2n) is 6.04. The fourth-order valence-electron chi connectivity index (χ4n) is 3.30. The van der Waals surface area contributed by atoms with Crippen molar-refractivity contribution < 1.29 is 9.53 Å². The Bertz CT molecular complexity index is 907. The molecule has 4 rings (SSSR count). The SMILES string of the molecule is COc1nccnc1N1CC[C@@H](NC(=O)c2cccc3[nH]ccc23)C1. The Morgan fingerprint density at radius 3 is 3.08 bits per heavy atom. The van der Waals surface area contributed by atoms with E-state index in [1.807, 2.05) is 30.5 Å². The first-order valence-corrected chi connectivity index (χ1v) is 8.23. The summed E-state index contributed by atoms with van der Waals surface area (Å²) in [4.78, 5) is 26.5. The Balaban J connectivity index is 1.48. The van der Waals surface area contributed by atoms with E-state index in [-0.39, 0.29) is 11.9 Å². The lowest BCUT2D eigenvalue weighted by Gasteiger charge is -2.19. The number of rotatable bonds is 4. The Labute approximate surface area is 145 Å². The second-order valence-corrected chi connectivity index (χ2v) is 6.04. The minimum Gasteiger partial charge on any atom is -0.478 e. The van der Waals surface area contributed by atoms with Gasteiger partial charge in [0, 0.05) is 54.2 Å². The average Bonchev–Trinajstić information content (AvgIpc) is 3.30. The van der Waals surface area contributed by atoms with Crippen LogP contribution >= 0.6 is 0 Å². The Hall–Kier alpha value is -3.09. The maximum absolute atomic E-state index is 12.7. The Morgan fingerprint density at radius 2 is 2.20 bits per heavy atom. The molecule has 3 aromatic rings. The molecular weight excluding hydrogens is 318 g/mol. The van der Waals surface area contributed by atoms with Gasteiger partial charge in [0.2, 0.25) is 0 Å². The molecule has 1 aliphatic heterocycles. The van der Waals surface area contributed by atoms with Crippen LogP contribution in [-0.4, -0.2) is 47.1 Å². The lowest BCUT2D eigenvalue weighted by molar-refractivity contribution is 0.0942. The summed E-state index contributed by atoms with van der Waals surface area (Å²) >= 11 is 0. The monoisotopic (exact) mass is 337 g/mol. The first-order valence-electron chi connectivity index (χ1n) is 8.23. The van der Waals surface area contributed by atoms with E-state index in [0.717, 1.165) is 29.7 Å². The fourth-order valence-corrected chi connectivity index (χ4v) is 3.30. The van der Waals surface area contributed by atoms with Gasteiger partial charge >= 0.3 is 0 Å². The molecule has 1 amide bonds. The van der Waals surface area contributed by atoms with Crippen molar-refractivity contribution in [3.05, 3.63) is 48.4 Å². The van der Waals surface area contributed by atoms with E-state index >= 15 is 0 Å². The van der Waals surface area contributed by atoms with Crippen molar-refractivity contribution in [2.24, 2.45) is 0 Å². The van der Waals surface area contributed by atoms with Crippen LogP contribution in [0.3, 0.4) is 0 Å². The summed E-state index contributed by atoms with van der Waals surface area (Å²) in [5, 5.41) is 4.07. The molecule has 0 unspecified atom stereocenters. The molecule has 2 aromatic heterocycles. The number of carbonyl (C=O) groups is 1. The van der Waals surface area contributed by atoms with Gasteiger partial charge in [-0.1, -0.05) is 6.07 Å². The van der Waals surface area contributed by atoms with E-state index in [0.29, 0.717) is 18.0 Å². The molecule has 25 heavy (non-hydrogen) atoms. The normalized spacial score (nSPS) is 17.0. The number of methoxy groups -OCH3 is 1. The van der Waals surface area contributed by atoms with Crippen molar-refractivity contribution in [1.29, 1.82) is 0 Å². The number of carbonyl (C=O) groups excluding carboxylic acids is 1. The Kier molecular flexibility index (Phi) is 3.97. The zero-order chi connectivity index (χ0) is 17.2. The molecule has 7 nitrogen and oxygen atoms in total. The quantitative estimate of drug-likeness (QED) is 0.760. The van der Waals surface area contributed by atoms with Crippen molar-refractivity contribution in [3.8, 4) is 5.88 Å². The van der Waals surface area contributed by atoms with Crippen molar-refractivity contribution in [2.75, 3.05) is 25.1 Å². The molecule has 1 aliphatic rings. The number of nitrogens with one attached hydrogen (secondary N) is 2. The largest absolute Gasteiger partial charge is 0.478 e. The van der Waals surface area contributed by atoms with Gasteiger partial charge in [-0.25, -0.2) is 9.97 Å². The van der Waals surface area contributed by atoms with Crippen molar-refractivity contribution in [1.82, 2.24) is 20.3 Å². The van der Waals surface area contributed by atoms with Gasteiger partial charge in [0.1, 0.15) is 0 Å². The number of nitrogens with zero attached hydrogens (tertiary/aromatic N) is 3. The summed E-state index contributed by atoms with van der Waals surface area (Å²) in [5.74, 6) is 1.17. The summed E-state index contributed by atoms with van der Waals surface area (Å²) < 4.78 is 5.28. The summed E-state index contributed by atoms with van der Waals surface area (Å²) in [7, 11) is 1.58. The molecule has 2 N–H and O–H groups in total. The molecule has 3 heterocycles. The van der Waals surface area contributed by atoms with E-state index in [1.165, 1.54) is 0 Å². The zero-order valence-corrected chi connectivity index (χ0v) is 13.9. The van der Waals surface area contributed by atoms with Gasteiger partial charge in [-0.2, -0.15) is 0 Å². The van der Waals surface area contributed by atoms with Gasteiger partial charge in [0.15, 0.2) is 5.82 Å². The highest BCUT2D eigenvalue weighted by atomic mass is 16.5. The molecule has 1 fully saturated rings. The highest BCUT2D eigenvalue weighted by Crippen LogP contribution is 2.26. The maximum Gasteiger partial charge on any atom is 0.257 e. The van der Waals surface area contributed by atoms with Gasteiger partial charge in [-0.15, -0.1) is 0 Å². The highest BCUT2D eigenvalue weighted by Gasteiger charge is 2.27. The van der Waals surface area contributed by atoms with Crippen LogP contribution < -0.4 is 15.0 Å². The van der Waals surface area contributed by atoms with Crippen LogP contribution in [0.5, 0.6) is 5.88 Å². The van der Waals surface area contributed by atoms with E-state index < -0.39 is 0 Å². The van der Waals surface area contributed by atoms with Crippen LogP contribution in [0.4, 0.5) is 5.82 Å². The number of benzene rings is 1. The average molecular weight is 337 g/mol. The number of fused-ring (bicyclic) bond motifs is 1. The molecule has 0 saturated carbocycles. The van der Waals surface area contributed by atoms with Gasteiger partial charge in [0.25, 0.3) is 11.8 Å². The molecule has 0 aliphatic carbocycles. The summed E-state index contributed by atoms with van der Waals surface area (Å²) in [6.45, 7) is 1.48. The second kappa shape index (κ2) is 6.43. The summed E-state index contributed by atoms with van der Waals surface area (Å²) in [6, 6.07) is 7.69. The molecule has 0 spiro atoms. The van der Waals surface area contributed by atoms with Crippen molar-refractivity contribution in [2.45, 2.75) is 12.5 Å². The maximum atomic E-state index is 12.7. The molecule has 128 valence electrons. The first-order chi connectivity index (χ1) is 12.3. The standard InChI is InChI=1S/C18H19N5O2/c1-25-18-16(20-8-9-21-18)23-10-6-12(11-23)22-17(24)14-3-2-4-15-13(14)5-7-19-15/h2-5,7-9,12,19H,6,10-11H2,1H3,(H,22,24)/t12-/m1/s1.